The Kier molecular flexibility index (Phi) is 2.54. The van der Waals surface area contributed by atoms with E-state index in [9.17, 15) is 0 Å². The van der Waals surface area contributed by atoms with Gasteiger partial charge in [0.05, 0.1) is 5.69 Å². The fraction of sp³-hybridized carbons (Fsp3) is 0. The predicted octanol–water partition coefficient (Wildman–Crippen LogP) is 2.63. The molecule has 2 rings (SSSR count). The lowest BCUT2D eigenvalue weighted by atomic mass is 10.3. The molecule has 14 heavy (non-hydrogen) atoms. The standard InChI is InChI=1S/C7H4Cl2N4S/c8-4-1-5(9)3-6(2-4)13-7(14)10-11-12-13/h1-3H,(H,10,12,14). The highest BCUT2D eigenvalue weighted by Gasteiger charge is 2.02. The van der Waals surface area contributed by atoms with Crippen LogP contribution in [0.1, 0.15) is 0 Å². The van der Waals surface area contributed by atoms with Crippen molar-refractivity contribution >= 4 is 35.4 Å². The summed E-state index contributed by atoms with van der Waals surface area (Å²) in [4.78, 5) is 0. The number of benzene rings is 1. The molecule has 0 saturated carbocycles. The van der Waals surface area contributed by atoms with E-state index in [4.69, 9.17) is 35.4 Å². The quantitative estimate of drug-likeness (QED) is 0.788. The SMILES string of the molecule is S=c1nn[nH]n1-c1cc(Cl)cc(Cl)c1. The summed E-state index contributed by atoms with van der Waals surface area (Å²) in [6.45, 7) is 0. The normalized spacial score (nSPS) is 10.4. The van der Waals surface area contributed by atoms with Crippen LogP contribution in [0.3, 0.4) is 0 Å². The number of hydrogen-bond donors (Lipinski definition) is 1. The Morgan fingerprint density at radius 1 is 1.21 bits per heavy atom. The first-order chi connectivity index (χ1) is 6.66. The maximum Gasteiger partial charge on any atom is 0.242 e. The first-order valence-electron chi connectivity index (χ1n) is 3.63. The van der Waals surface area contributed by atoms with Crippen LogP contribution in [0.15, 0.2) is 18.2 Å². The van der Waals surface area contributed by atoms with E-state index in [0.29, 0.717) is 20.5 Å². The summed E-state index contributed by atoms with van der Waals surface area (Å²) >= 11 is 16.6. The van der Waals surface area contributed by atoms with Gasteiger partial charge in [-0.25, -0.2) is 4.68 Å². The molecule has 1 N–H and O–H groups in total. The predicted molar refractivity (Wildman–Crippen MR) is 56.6 cm³/mol. The van der Waals surface area contributed by atoms with Crippen LogP contribution in [0.5, 0.6) is 0 Å². The lowest BCUT2D eigenvalue weighted by molar-refractivity contribution is 0.786. The lowest BCUT2D eigenvalue weighted by Gasteiger charge is -2.01. The van der Waals surface area contributed by atoms with Gasteiger partial charge in [0.2, 0.25) is 4.77 Å². The molecule has 0 bridgehead atoms. The van der Waals surface area contributed by atoms with Crippen LogP contribution in [0, 0.1) is 4.77 Å². The van der Waals surface area contributed by atoms with Crippen molar-refractivity contribution in [3.63, 3.8) is 0 Å². The maximum absolute atomic E-state index is 5.83. The van der Waals surface area contributed by atoms with Crippen molar-refractivity contribution in [3.8, 4) is 5.69 Å². The summed E-state index contributed by atoms with van der Waals surface area (Å²) in [6.07, 6.45) is 0. The van der Waals surface area contributed by atoms with Gasteiger partial charge in [-0.3, -0.25) is 0 Å². The average Bonchev–Trinajstić information content (AvgIpc) is 2.49. The van der Waals surface area contributed by atoms with Crippen LogP contribution < -0.4 is 0 Å². The minimum Gasteiger partial charge on any atom is -0.209 e. The van der Waals surface area contributed by atoms with E-state index in [1.807, 2.05) is 0 Å². The zero-order valence-electron chi connectivity index (χ0n) is 6.74. The molecule has 0 atom stereocenters. The minimum absolute atomic E-state index is 0.323. The number of halogens is 2. The third-order valence-corrected chi connectivity index (χ3v) is 2.28. The Morgan fingerprint density at radius 2 is 1.86 bits per heavy atom. The molecule has 1 heterocycles. The van der Waals surface area contributed by atoms with Crippen LogP contribution >= 0.6 is 35.4 Å². The van der Waals surface area contributed by atoms with Gasteiger partial charge in [-0.05, 0) is 30.4 Å². The number of aromatic amines is 1. The lowest BCUT2D eigenvalue weighted by Crippen LogP contribution is -1.96. The smallest absolute Gasteiger partial charge is 0.209 e. The van der Waals surface area contributed by atoms with Crippen LogP contribution in [-0.2, 0) is 0 Å². The second kappa shape index (κ2) is 3.68. The summed E-state index contributed by atoms with van der Waals surface area (Å²) in [5, 5.41) is 10.9. The molecule has 0 radical (unpaired) electrons. The molecule has 2 aromatic rings. The van der Waals surface area contributed by atoms with Gasteiger partial charge >= 0.3 is 0 Å². The van der Waals surface area contributed by atoms with Gasteiger partial charge < -0.3 is 0 Å². The highest BCUT2D eigenvalue weighted by Crippen LogP contribution is 2.20. The first kappa shape index (κ1) is 9.64. The number of nitrogens with one attached hydrogen (secondary N) is 1. The third-order valence-electron chi connectivity index (χ3n) is 1.58. The van der Waals surface area contributed by atoms with Crippen molar-refractivity contribution in [2.75, 3.05) is 0 Å². The van der Waals surface area contributed by atoms with E-state index >= 15 is 0 Å². The molecule has 7 heteroatoms. The molecule has 4 nitrogen and oxygen atoms in total. The van der Waals surface area contributed by atoms with Crippen molar-refractivity contribution in [2.24, 2.45) is 0 Å². The molecule has 1 aromatic heterocycles. The van der Waals surface area contributed by atoms with Gasteiger partial charge in [-0.1, -0.05) is 33.5 Å². The summed E-state index contributed by atoms with van der Waals surface area (Å²) in [7, 11) is 0. The zero-order valence-corrected chi connectivity index (χ0v) is 9.07. The van der Waals surface area contributed by atoms with Crippen molar-refractivity contribution in [3.05, 3.63) is 33.0 Å². The molecule has 0 fully saturated rings. The van der Waals surface area contributed by atoms with Crippen molar-refractivity contribution < 1.29 is 0 Å². The average molecular weight is 247 g/mol. The van der Waals surface area contributed by atoms with Crippen LogP contribution in [0.25, 0.3) is 5.69 Å². The van der Waals surface area contributed by atoms with Gasteiger partial charge in [0.1, 0.15) is 0 Å². The van der Waals surface area contributed by atoms with Gasteiger partial charge in [-0.2, -0.15) is 5.21 Å². The van der Waals surface area contributed by atoms with Gasteiger partial charge in [0, 0.05) is 10.0 Å². The largest absolute Gasteiger partial charge is 0.242 e. The molecule has 0 amide bonds. The number of tetrazole rings is 1. The Bertz CT molecular complexity index is 498. The Balaban J connectivity index is 2.63. The van der Waals surface area contributed by atoms with Crippen molar-refractivity contribution in [2.45, 2.75) is 0 Å². The van der Waals surface area contributed by atoms with E-state index in [1.54, 1.807) is 18.2 Å². The molecule has 0 aliphatic rings. The van der Waals surface area contributed by atoms with Crippen LogP contribution in [0.2, 0.25) is 10.0 Å². The van der Waals surface area contributed by atoms with Gasteiger partial charge in [0.15, 0.2) is 0 Å². The molecule has 72 valence electrons. The first-order valence-corrected chi connectivity index (χ1v) is 4.80. The Labute approximate surface area is 94.4 Å². The minimum atomic E-state index is 0.323. The maximum atomic E-state index is 5.83. The second-order valence-corrected chi connectivity index (χ2v) is 3.78. The van der Waals surface area contributed by atoms with E-state index in [0.717, 1.165) is 0 Å². The molecule has 0 spiro atoms. The number of aromatic nitrogens is 4. The van der Waals surface area contributed by atoms with Crippen molar-refractivity contribution in [1.29, 1.82) is 0 Å². The van der Waals surface area contributed by atoms with E-state index < -0.39 is 0 Å². The topological polar surface area (TPSA) is 46.5 Å². The third kappa shape index (κ3) is 1.79. The molecule has 0 aliphatic heterocycles. The van der Waals surface area contributed by atoms with E-state index in [-0.39, 0.29) is 0 Å². The summed E-state index contributed by atoms with van der Waals surface area (Å²) in [6, 6.07) is 5.06. The van der Waals surface area contributed by atoms with E-state index in [1.165, 1.54) is 4.68 Å². The zero-order chi connectivity index (χ0) is 10.1. The number of H-pyrrole nitrogens is 1. The Hall–Kier alpha value is -0.910. The fourth-order valence-corrected chi connectivity index (χ4v) is 1.74. The number of nitrogens with zero attached hydrogens (tertiary/aromatic N) is 3. The van der Waals surface area contributed by atoms with E-state index in [2.05, 4.69) is 15.5 Å². The summed E-state index contributed by atoms with van der Waals surface area (Å²) in [5.74, 6) is 0. The summed E-state index contributed by atoms with van der Waals surface area (Å²) in [5.41, 5.74) is 0.706. The molecule has 0 aliphatic carbocycles. The highest BCUT2D eigenvalue weighted by molar-refractivity contribution is 7.71. The number of rotatable bonds is 1. The van der Waals surface area contributed by atoms with Crippen LogP contribution in [0.4, 0.5) is 0 Å². The molecular weight excluding hydrogens is 243 g/mol. The highest BCUT2D eigenvalue weighted by atomic mass is 35.5. The number of hydrogen-bond acceptors (Lipinski definition) is 3. The van der Waals surface area contributed by atoms with Gasteiger partial charge in [0.25, 0.3) is 0 Å². The molecule has 0 saturated heterocycles. The van der Waals surface area contributed by atoms with Gasteiger partial charge in [-0.15, -0.1) is 0 Å². The molecular formula is C7H4Cl2N4S. The van der Waals surface area contributed by atoms with Crippen molar-refractivity contribution in [1.82, 2.24) is 20.2 Å². The summed E-state index contributed by atoms with van der Waals surface area (Å²) < 4.78 is 1.83. The fourth-order valence-electron chi connectivity index (χ4n) is 1.03. The molecule has 0 unspecified atom stereocenters. The van der Waals surface area contributed by atoms with Crippen LogP contribution in [-0.4, -0.2) is 20.2 Å². The second-order valence-electron chi connectivity index (χ2n) is 2.55. The molecule has 1 aromatic carbocycles. The Morgan fingerprint density at radius 3 is 2.36 bits per heavy atom. The monoisotopic (exact) mass is 246 g/mol.